The average Bonchev–Trinajstić information content (AvgIpc) is 3.00. The monoisotopic (exact) mass is 584 g/mol. The van der Waals surface area contributed by atoms with E-state index in [1.54, 1.807) is 6.92 Å². The molecule has 0 amide bonds. The van der Waals surface area contributed by atoms with Crippen LogP contribution in [0.25, 0.3) is 0 Å². The fourth-order valence-electron chi connectivity index (χ4n) is 7.64. The molecule has 0 aliphatic heterocycles. The Morgan fingerprint density at radius 2 is 1.29 bits per heavy atom. The van der Waals surface area contributed by atoms with Crippen LogP contribution in [0.2, 0.25) is 0 Å². The molecule has 3 saturated carbocycles. The van der Waals surface area contributed by atoms with Crippen LogP contribution in [0.1, 0.15) is 124 Å². The molecule has 0 spiro atoms. The van der Waals surface area contributed by atoms with Gasteiger partial charge in [-0.1, -0.05) is 70.8 Å². The van der Waals surface area contributed by atoms with Crippen molar-refractivity contribution >= 4 is 11.9 Å². The number of hydrogen-bond donors (Lipinski definition) is 1. The van der Waals surface area contributed by atoms with E-state index < -0.39 is 18.0 Å². The Kier molecular flexibility index (Phi) is 14.9. The SMILES string of the molecule is C=C(C)C(=O)OCC(COC(=O)C(=C)C(C)O)C1CCC(/C=C/C2CCC(C3CCC(CCCCC)CC3)CC2)CC1. The van der Waals surface area contributed by atoms with E-state index in [1.165, 1.54) is 84.0 Å². The molecule has 5 nitrogen and oxygen atoms in total. The summed E-state index contributed by atoms with van der Waals surface area (Å²) >= 11 is 0. The predicted molar refractivity (Wildman–Crippen MR) is 171 cm³/mol. The second-order valence-corrected chi connectivity index (χ2v) is 13.9. The van der Waals surface area contributed by atoms with Crippen molar-refractivity contribution in [2.24, 2.45) is 41.4 Å². The minimum atomic E-state index is -0.949. The summed E-state index contributed by atoms with van der Waals surface area (Å²) in [5.41, 5.74) is 0.405. The summed E-state index contributed by atoms with van der Waals surface area (Å²) in [7, 11) is 0. The molecule has 42 heavy (non-hydrogen) atoms. The first-order valence-electron chi connectivity index (χ1n) is 17.2. The van der Waals surface area contributed by atoms with Crippen LogP contribution < -0.4 is 0 Å². The number of esters is 2. The number of aliphatic hydroxyl groups is 1. The van der Waals surface area contributed by atoms with Gasteiger partial charge in [-0.2, -0.15) is 0 Å². The molecule has 0 aromatic rings. The van der Waals surface area contributed by atoms with Crippen molar-refractivity contribution < 1.29 is 24.2 Å². The second-order valence-electron chi connectivity index (χ2n) is 13.9. The number of allylic oxidation sites excluding steroid dienone is 2. The van der Waals surface area contributed by atoms with E-state index in [2.05, 4.69) is 32.2 Å². The summed E-state index contributed by atoms with van der Waals surface area (Å²) in [6, 6.07) is 0. The Bertz CT molecular complexity index is 880. The highest BCUT2D eigenvalue weighted by molar-refractivity contribution is 5.88. The maximum Gasteiger partial charge on any atom is 0.336 e. The molecule has 2 atom stereocenters. The number of aliphatic hydroxyl groups excluding tert-OH is 1. The molecule has 0 aromatic heterocycles. The average molecular weight is 585 g/mol. The highest BCUT2D eigenvalue weighted by Crippen LogP contribution is 2.43. The van der Waals surface area contributed by atoms with Gasteiger partial charge in [0.25, 0.3) is 0 Å². The Morgan fingerprint density at radius 1 is 0.786 bits per heavy atom. The van der Waals surface area contributed by atoms with Crippen LogP contribution >= 0.6 is 0 Å². The zero-order chi connectivity index (χ0) is 30.5. The summed E-state index contributed by atoms with van der Waals surface area (Å²) in [6.07, 6.45) is 25.4. The predicted octanol–water partition coefficient (Wildman–Crippen LogP) is 8.76. The van der Waals surface area contributed by atoms with E-state index >= 15 is 0 Å². The Balaban J connectivity index is 1.40. The molecule has 0 aromatic carbocycles. The molecule has 2 unspecified atom stereocenters. The van der Waals surface area contributed by atoms with Crippen LogP contribution in [0.3, 0.4) is 0 Å². The van der Waals surface area contributed by atoms with Crippen LogP contribution in [-0.4, -0.2) is 36.4 Å². The smallest absolute Gasteiger partial charge is 0.336 e. The van der Waals surface area contributed by atoms with Gasteiger partial charge >= 0.3 is 11.9 Å². The van der Waals surface area contributed by atoms with E-state index in [0.717, 1.165) is 49.4 Å². The molecule has 3 aliphatic rings. The zero-order valence-corrected chi connectivity index (χ0v) is 27.0. The third-order valence-electron chi connectivity index (χ3n) is 10.7. The van der Waals surface area contributed by atoms with Gasteiger partial charge in [-0.15, -0.1) is 0 Å². The fourth-order valence-corrected chi connectivity index (χ4v) is 7.64. The third kappa shape index (κ3) is 11.3. The number of carbonyl (C=O) groups is 2. The van der Waals surface area contributed by atoms with Gasteiger partial charge in [0.15, 0.2) is 0 Å². The minimum absolute atomic E-state index is 0.0424. The molecule has 238 valence electrons. The van der Waals surface area contributed by atoms with Gasteiger partial charge in [0.05, 0.1) is 24.9 Å². The zero-order valence-electron chi connectivity index (χ0n) is 27.0. The van der Waals surface area contributed by atoms with E-state index in [4.69, 9.17) is 9.47 Å². The summed E-state index contributed by atoms with van der Waals surface area (Å²) in [5.74, 6) is 3.52. The molecular weight excluding hydrogens is 524 g/mol. The minimum Gasteiger partial charge on any atom is -0.462 e. The molecule has 0 heterocycles. The molecule has 0 saturated heterocycles. The lowest BCUT2D eigenvalue weighted by atomic mass is 9.68. The number of hydrogen-bond acceptors (Lipinski definition) is 5. The topological polar surface area (TPSA) is 72.8 Å². The van der Waals surface area contributed by atoms with Gasteiger partial charge in [0.2, 0.25) is 0 Å². The molecule has 5 heteroatoms. The van der Waals surface area contributed by atoms with E-state index in [0.29, 0.717) is 17.4 Å². The third-order valence-corrected chi connectivity index (χ3v) is 10.7. The van der Waals surface area contributed by atoms with Crippen molar-refractivity contribution in [3.05, 3.63) is 36.5 Å². The van der Waals surface area contributed by atoms with Gasteiger partial charge < -0.3 is 14.6 Å². The Labute approximate surface area is 256 Å². The normalized spacial score (nSPS) is 29.9. The number of carbonyl (C=O) groups excluding carboxylic acids is 2. The van der Waals surface area contributed by atoms with Gasteiger partial charge in [-0.25, -0.2) is 9.59 Å². The van der Waals surface area contributed by atoms with Crippen molar-refractivity contribution in [2.75, 3.05) is 13.2 Å². The van der Waals surface area contributed by atoms with Crippen molar-refractivity contribution in [3.63, 3.8) is 0 Å². The van der Waals surface area contributed by atoms with Crippen molar-refractivity contribution in [1.29, 1.82) is 0 Å². The molecule has 3 aliphatic carbocycles. The lowest BCUT2D eigenvalue weighted by Crippen LogP contribution is -2.31. The quantitative estimate of drug-likeness (QED) is 0.0901. The first-order chi connectivity index (χ1) is 20.2. The number of ether oxygens (including phenoxy) is 2. The number of unbranched alkanes of at least 4 members (excludes halogenated alkanes) is 2. The maximum atomic E-state index is 12.3. The van der Waals surface area contributed by atoms with E-state index in [-0.39, 0.29) is 24.7 Å². The standard InChI is InChI=1S/C37H60O5/c1-6-7-8-9-29-12-18-32(19-13-29)33-20-14-30(15-21-33)10-11-31-16-22-34(23-17-31)35(24-41-36(39)26(2)3)25-42-37(40)27(4)28(5)38/h10-11,28-35,38H,2,4,6-9,12-25H2,1,3,5H3/b11-10+. The van der Waals surface area contributed by atoms with E-state index in [9.17, 15) is 14.7 Å². The summed E-state index contributed by atoms with van der Waals surface area (Å²) in [4.78, 5) is 24.3. The first kappa shape index (κ1) is 34.6. The molecular formula is C37H60O5. The number of rotatable bonds is 15. The Morgan fingerprint density at radius 3 is 1.79 bits per heavy atom. The largest absolute Gasteiger partial charge is 0.462 e. The molecule has 0 bridgehead atoms. The highest BCUT2D eigenvalue weighted by Gasteiger charge is 2.32. The van der Waals surface area contributed by atoms with Crippen LogP contribution in [0.15, 0.2) is 36.5 Å². The molecule has 3 fully saturated rings. The lowest BCUT2D eigenvalue weighted by molar-refractivity contribution is -0.146. The van der Waals surface area contributed by atoms with E-state index in [1.807, 2.05) is 0 Å². The second kappa shape index (κ2) is 18.0. The van der Waals surface area contributed by atoms with Crippen LogP contribution in [0.5, 0.6) is 0 Å². The van der Waals surface area contributed by atoms with Crippen molar-refractivity contribution in [2.45, 2.75) is 130 Å². The molecule has 0 radical (unpaired) electrons. The van der Waals surface area contributed by atoms with Crippen LogP contribution in [0, 0.1) is 41.4 Å². The summed E-state index contributed by atoms with van der Waals surface area (Å²) < 4.78 is 11.0. The van der Waals surface area contributed by atoms with Crippen molar-refractivity contribution in [1.82, 2.24) is 0 Å². The van der Waals surface area contributed by atoms with Gasteiger partial charge in [-0.3, -0.25) is 0 Å². The summed E-state index contributed by atoms with van der Waals surface area (Å²) in [5, 5.41) is 9.64. The lowest BCUT2D eigenvalue weighted by Gasteiger charge is -2.37. The van der Waals surface area contributed by atoms with Gasteiger partial charge in [0, 0.05) is 11.5 Å². The van der Waals surface area contributed by atoms with Gasteiger partial charge in [0.1, 0.15) is 0 Å². The summed E-state index contributed by atoms with van der Waals surface area (Å²) in [6.45, 7) is 13.1. The first-order valence-corrected chi connectivity index (χ1v) is 17.2. The van der Waals surface area contributed by atoms with Crippen molar-refractivity contribution in [3.8, 4) is 0 Å². The highest BCUT2D eigenvalue weighted by atomic mass is 16.5. The Hall–Kier alpha value is -1.88. The molecule has 1 N–H and O–H groups in total. The molecule has 3 rings (SSSR count). The maximum absolute atomic E-state index is 12.3. The van der Waals surface area contributed by atoms with Crippen LogP contribution in [-0.2, 0) is 19.1 Å². The van der Waals surface area contributed by atoms with Crippen LogP contribution in [0.4, 0.5) is 0 Å². The van der Waals surface area contributed by atoms with Gasteiger partial charge in [-0.05, 0) is 114 Å². The fraction of sp³-hybridized carbons (Fsp3) is 0.784.